The van der Waals surface area contributed by atoms with Gasteiger partial charge in [-0.1, -0.05) is 44.2 Å². The molecule has 2 rings (SSSR count). The third-order valence-electron chi connectivity index (χ3n) is 3.40. The van der Waals surface area contributed by atoms with E-state index in [-0.39, 0.29) is 0 Å². The van der Waals surface area contributed by atoms with Gasteiger partial charge in [0.25, 0.3) is 0 Å². The van der Waals surface area contributed by atoms with Crippen LogP contribution < -0.4 is 0 Å². The molecule has 0 radical (unpaired) electrons. The minimum absolute atomic E-state index is 0.419. The number of rotatable bonds is 4. The van der Waals surface area contributed by atoms with Crippen LogP contribution in [-0.2, 0) is 5.41 Å². The SMILES string of the molecule is CCC(C#N)(CC)c1nc(-c2ccccc2)cs1. The first-order valence-corrected chi connectivity index (χ1v) is 7.06. The highest BCUT2D eigenvalue weighted by molar-refractivity contribution is 7.10. The largest absolute Gasteiger partial charge is 0.240 e. The summed E-state index contributed by atoms with van der Waals surface area (Å²) in [5.74, 6) is 0. The zero-order valence-electron chi connectivity index (χ0n) is 10.7. The third-order valence-corrected chi connectivity index (χ3v) is 4.45. The van der Waals surface area contributed by atoms with Crippen LogP contribution in [0.1, 0.15) is 31.7 Å². The van der Waals surface area contributed by atoms with Crippen molar-refractivity contribution in [2.24, 2.45) is 0 Å². The Labute approximate surface area is 112 Å². The molecule has 0 saturated heterocycles. The van der Waals surface area contributed by atoms with Crippen molar-refractivity contribution in [3.8, 4) is 17.3 Å². The molecule has 0 amide bonds. The molecule has 2 aromatic rings. The molecular formula is C15H16N2S. The van der Waals surface area contributed by atoms with Gasteiger partial charge in [0.15, 0.2) is 0 Å². The van der Waals surface area contributed by atoms with E-state index in [9.17, 15) is 5.26 Å². The lowest BCUT2D eigenvalue weighted by Gasteiger charge is -2.19. The molecule has 1 aromatic heterocycles. The van der Waals surface area contributed by atoms with E-state index in [1.807, 2.05) is 35.7 Å². The summed E-state index contributed by atoms with van der Waals surface area (Å²) in [6.07, 6.45) is 1.61. The van der Waals surface area contributed by atoms with Gasteiger partial charge in [0, 0.05) is 10.9 Å². The van der Waals surface area contributed by atoms with Crippen LogP contribution in [0.15, 0.2) is 35.7 Å². The molecule has 0 N–H and O–H groups in total. The lowest BCUT2D eigenvalue weighted by Crippen LogP contribution is -2.21. The van der Waals surface area contributed by atoms with E-state index in [0.717, 1.165) is 29.1 Å². The maximum Gasteiger partial charge on any atom is 0.114 e. The number of hydrogen-bond acceptors (Lipinski definition) is 3. The van der Waals surface area contributed by atoms with Crippen molar-refractivity contribution in [1.29, 1.82) is 5.26 Å². The molecule has 0 fully saturated rings. The molecule has 0 spiro atoms. The Morgan fingerprint density at radius 3 is 2.44 bits per heavy atom. The monoisotopic (exact) mass is 256 g/mol. The van der Waals surface area contributed by atoms with Crippen LogP contribution in [0.3, 0.4) is 0 Å². The molecule has 1 heterocycles. The smallest absolute Gasteiger partial charge is 0.114 e. The lowest BCUT2D eigenvalue weighted by molar-refractivity contribution is 0.508. The van der Waals surface area contributed by atoms with Crippen molar-refractivity contribution < 1.29 is 0 Å². The van der Waals surface area contributed by atoms with E-state index in [0.29, 0.717) is 0 Å². The number of benzene rings is 1. The Morgan fingerprint density at radius 2 is 1.89 bits per heavy atom. The maximum atomic E-state index is 9.43. The summed E-state index contributed by atoms with van der Waals surface area (Å²) in [5.41, 5.74) is 1.66. The van der Waals surface area contributed by atoms with Crippen LogP contribution in [-0.4, -0.2) is 4.98 Å². The zero-order chi connectivity index (χ0) is 13.0. The van der Waals surface area contributed by atoms with E-state index in [1.54, 1.807) is 11.3 Å². The second-order valence-electron chi connectivity index (χ2n) is 4.30. The summed E-state index contributed by atoms with van der Waals surface area (Å²) in [6.45, 7) is 4.10. The van der Waals surface area contributed by atoms with E-state index >= 15 is 0 Å². The number of thiazole rings is 1. The van der Waals surface area contributed by atoms with E-state index in [2.05, 4.69) is 24.9 Å². The fourth-order valence-corrected chi connectivity index (χ4v) is 3.12. The average molecular weight is 256 g/mol. The summed E-state index contributed by atoms with van der Waals surface area (Å²) in [6, 6.07) is 12.5. The van der Waals surface area contributed by atoms with Crippen LogP contribution in [0.25, 0.3) is 11.3 Å². The molecule has 0 saturated carbocycles. The second kappa shape index (κ2) is 5.32. The predicted molar refractivity (Wildman–Crippen MR) is 75.4 cm³/mol. The molecule has 2 nitrogen and oxygen atoms in total. The Balaban J connectivity index is 2.40. The predicted octanol–water partition coefficient (Wildman–Crippen LogP) is 4.39. The number of hydrogen-bond donors (Lipinski definition) is 0. The molecule has 92 valence electrons. The van der Waals surface area contributed by atoms with E-state index in [1.165, 1.54) is 0 Å². The molecule has 0 aliphatic carbocycles. The van der Waals surface area contributed by atoms with Crippen molar-refractivity contribution in [1.82, 2.24) is 4.98 Å². The van der Waals surface area contributed by atoms with Gasteiger partial charge in [-0.2, -0.15) is 5.26 Å². The second-order valence-corrected chi connectivity index (χ2v) is 5.16. The van der Waals surface area contributed by atoms with Crippen LogP contribution in [0, 0.1) is 11.3 Å². The summed E-state index contributed by atoms with van der Waals surface area (Å²) >= 11 is 1.59. The highest BCUT2D eigenvalue weighted by atomic mass is 32.1. The zero-order valence-corrected chi connectivity index (χ0v) is 11.5. The van der Waals surface area contributed by atoms with Crippen molar-refractivity contribution in [2.75, 3.05) is 0 Å². The molecule has 1 aromatic carbocycles. The average Bonchev–Trinajstić information content (AvgIpc) is 2.93. The number of aromatic nitrogens is 1. The van der Waals surface area contributed by atoms with Crippen molar-refractivity contribution in [3.63, 3.8) is 0 Å². The van der Waals surface area contributed by atoms with Crippen LogP contribution >= 0.6 is 11.3 Å². The first-order valence-electron chi connectivity index (χ1n) is 6.18. The highest BCUT2D eigenvalue weighted by Crippen LogP contribution is 2.35. The molecular weight excluding hydrogens is 240 g/mol. The van der Waals surface area contributed by atoms with Crippen LogP contribution in [0.5, 0.6) is 0 Å². The van der Waals surface area contributed by atoms with Gasteiger partial charge in [-0.3, -0.25) is 0 Å². The minimum Gasteiger partial charge on any atom is -0.240 e. The summed E-state index contributed by atoms with van der Waals surface area (Å²) in [5, 5.41) is 12.4. The Morgan fingerprint density at radius 1 is 1.22 bits per heavy atom. The van der Waals surface area contributed by atoms with Crippen molar-refractivity contribution in [2.45, 2.75) is 32.1 Å². The normalized spacial score (nSPS) is 11.2. The minimum atomic E-state index is -0.419. The summed E-state index contributed by atoms with van der Waals surface area (Å²) in [7, 11) is 0. The number of nitriles is 1. The van der Waals surface area contributed by atoms with Crippen molar-refractivity contribution >= 4 is 11.3 Å². The van der Waals surface area contributed by atoms with E-state index < -0.39 is 5.41 Å². The van der Waals surface area contributed by atoms with Gasteiger partial charge in [0.1, 0.15) is 10.4 Å². The van der Waals surface area contributed by atoms with Gasteiger partial charge >= 0.3 is 0 Å². The van der Waals surface area contributed by atoms with Crippen molar-refractivity contribution in [3.05, 3.63) is 40.7 Å². The number of nitrogens with zero attached hydrogens (tertiary/aromatic N) is 2. The molecule has 0 unspecified atom stereocenters. The fraction of sp³-hybridized carbons (Fsp3) is 0.333. The Hall–Kier alpha value is -1.66. The van der Waals surface area contributed by atoms with Gasteiger partial charge in [-0.25, -0.2) is 4.98 Å². The van der Waals surface area contributed by atoms with Gasteiger partial charge in [0.2, 0.25) is 0 Å². The van der Waals surface area contributed by atoms with E-state index in [4.69, 9.17) is 0 Å². The highest BCUT2D eigenvalue weighted by Gasteiger charge is 2.31. The Bertz CT molecular complexity index is 547. The first-order chi connectivity index (χ1) is 8.75. The summed E-state index contributed by atoms with van der Waals surface area (Å²) < 4.78 is 0. The lowest BCUT2D eigenvalue weighted by atomic mass is 9.85. The summed E-state index contributed by atoms with van der Waals surface area (Å²) in [4.78, 5) is 4.66. The quantitative estimate of drug-likeness (QED) is 0.813. The van der Waals surface area contributed by atoms with Gasteiger partial charge in [-0.15, -0.1) is 11.3 Å². The molecule has 0 aliphatic rings. The molecule has 0 bridgehead atoms. The van der Waals surface area contributed by atoms with Crippen LogP contribution in [0.2, 0.25) is 0 Å². The molecule has 3 heteroatoms. The Kier molecular flexibility index (Phi) is 3.78. The van der Waals surface area contributed by atoms with Gasteiger partial charge in [-0.05, 0) is 12.8 Å². The fourth-order valence-electron chi connectivity index (χ4n) is 1.99. The van der Waals surface area contributed by atoms with Gasteiger partial charge < -0.3 is 0 Å². The standard InChI is InChI=1S/C15H16N2S/c1-3-15(4-2,11-16)14-17-13(10-18-14)12-8-6-5-7-9-12/h5-10H,3-4H2,1-2H3. The first kappa shape index (κ1) is 12.8. The van der Waals surface area contributed by atoms with Crippen LogP contribution in [0.4, 0.5) is 0 Å². The van der Waals surface area contributed by atoms with Gasteiger partial charge in [0.05, 0.1) is 11.8 Å². The molecule has 0 aliphatic heterocycles. The molecule has 18 heavy (non-hydrogen) atoms. The third kappa shape index (κ3) is 2.16. The molecule has 0 atom stereocenters. The maximum absolute atomic E-state index is 9.43. The topological polar surface area (TPSA) is 36.7 Å².